The first-order valence-electron chi connectivity index (χ1n) is 8.38. The van der Waals surface area contributed by atoms with Crippen LogP contribution in [0.5, 0.6) is 0 Å². The van der Waals surface area contributed by atoms with E-state index in [1.165, 1.54) is 0 Å². The Labute approximate surface area is 166 Å². The van der Waals surface area contributed by atoms with Crippen molar-refractivity contribution < 1.29 is 4.74 Å². The molecular formula is C21H14Cl2N2O2. The van der Waals surface area contributed by atoms with Gasteiger partial charge in [-0.25, -0.2) is 0 Å². The van der Waals surface area contributed by atoms with Crippen LogP contribution in [0, 0.1) is 11.3 Å². The molecule has 6 heteroatoms. The molecule has 2 aromatic carbocycles. The zero-order valence-corrected chi connectivity index (χ0v) is 15.7. The summed E-state index contributed by atoms with van der Waals surface area (Å²) in [6.45, 7) is 1.03. The van der Waals surface area contributed by atoms with Gasteiger partial charge in [0.05, 0.1) is 24.9 Å². The van der Waals surface area contributed by atoms with Crippen molar-refractivity contribution in [2.24, 2.45) is 0 Å². The molecule has 1 saturated heterocycles. The minimum Gasteiger partial charge on any atom is -0.371 e. The van der Waals surface area contributed by atoms with Crippen LogP contribution in [0.3, 0.4) is 0 Å². The van der Waals surface area contributed by atoms with E-state index in [4.69, 9.17) is 27.9 Å². The Morgan fingerprint density at radius 2 is 1.59 bits per heavy atom. The van der Waals surface area contributed by atoms with Crippen molar-refractivity contribution >= 4 is 23.2 Å². The molecule has 0 saturated carbocycles. The number of ether oxygens (including phenoxy) is 1. The van der Waals surface area contributed by atoms with Gasteiger partial charge in [0.15, 0.2) is 0 Å². The second kappa shape index (κ2) is 7.21. The van der Waals surface area contributed by atoms with Crippen molar-refractivity contribution in [3.63, 3.8) is 0 Å². The molecule has 3 aromatic rings. The molecule has 1 atom stereocenters. The number of halogens is 2. The Kier molecular flexibility index (Phi) is 4.75. The van der Waals surface area contributed by atoms with Crippen molar-refractivity contribution in [1.29, 1.82) is 5.26 Å². The fourth-order valence-corrected chi connectivity index (χ4v) is 3.28. The van der Waals surface area contributed by atoms with Crippen LogP contribution in [0.4, 0.5) is 0 Å². The van der Waals surface area contributed by atoms with E-state index in [-0.39, 0.29) is 17.2 Å². The Bertz CT molecular complexity index is 1090. The van der Waals surface area contributed by atoms with Gasteiger partial charge in [-0.2, -0.15) is 5.26 Å². The number of nitriles is 1. The monoisotopic (exact) mass is 396 g/mol. The second-order valence-electron chi connectivity index (χ2n) is 6.31. The van der Waals surface area contributed by atoms with Crippen LogP contribution < -0.4 is 5.56 Å². The van der Waals surface area contributed by atoms with Crippen LogP contribution >= 0.6 is 23.2 Å². The summed E-state index contributed by atoms with van der Waals surface area (Å²) >= 11 is 12.0. The van der Waals surface area contributed by atoms with E-state index >= 15 is 0 Å². The average molecular weight is 397 g/mol. The molecule has 1 aliphatic heterocycles. The van der Waals surface area contributed by atoms with Crippen LogP contribution in [0.25, 0.3) is 22.4 Å². The van der Waals surface area contributed by atoms with Crippen molar-refractivity contribution in [2.45, 2.75) is 12.6 Å². The maximum absolute atomic E-state index is 13.1. The second-order valence-corrected chi connectivity index (χ2v) is 7.19. The molecule has 1 fully saturated rings. The van der Waals surface area contributed by atoms with Gasteiger partial charge in [0.25, 0.3) is 5.56 Å². The quantitative estimate of drug-likeness (QED) is 0.597. The smallest absolute Gasteiger partial charge is 0.269 e. The van der Waals surface area contributed by atoms with E-state index in [0.717, 1.165) is 16.8 Å². The number of hydrogen-bond donors (Lipinski definition) is 0. The third kappa shape index (κ3) is 3.63. The lowest BCUT2D eigenvalue weighted by Crippen LogP contribution is -2.27. The fourth-order valence-electron chi connectivity index (χ4n) is 3.03. The molecule has 4 rings (SSSR count). The summed E-state index contributed by atoms with van der Waals surface area (Å²) in [6.07, 6.45) is 0.00155. The van der Waals surface area contributed by atoms with Gasteiger partial charge in [0.2, 0.25) is 0 Å². The molecule has 0 bridgehead atoms. The SMILES string of the molecule is N#Cc1c(-c2ccc(Cl)cc2)cc(-c2ccc(Cl)cc2)n(CC2CO2)c1=O. The van der Waals surface area contributed by atoms with Gasteiger partial charge in [0, 0.05) is 15.6 Å². The number of aromatic nitrogens is 1. The van der Waals surface area contributed by atoms with Gasteiger partial charge in [-0.1, -0.05) is 47.5 Å². The molecule has 0 radical (unpaired) electrons. The zero-order chi connectivity index (χ0) is 19.0. The Balaban J connectivity index is 1.97. The van der Waals surface area contributed by atoms with Gasteiger partial charge in [-0.05, 0) is 41.5 Å². The van der Waals surface area contributed by atoms with Crippen molar-refractivity contribution in [1.82, 2.24) is 4.57 Å². The Hall–Kier alpha value is -2.58. The van der Waals surface area contributed by atoms with E-state index < -0.39 is 0 Å². The molecule has 1 aromatic heterocycles. The zero-order valence-electron chi connectivity index (χ0n) is 14.2. The van der Waals surface area contributed by atoms with Crippen LogP contribution in [0.2, 0.25) is 10.0 Å². The van der Waals surface area contributed by atoms with Crippen molar-refractivity contribution in [3.8, 4) is 28.5 Å². The summed E-state index contributed by atoms with van der Waals surface area (Å²) in [6, 6.07) is 18.3. The van der Waals surface area contributed by atoms with Gasteiger partial charge in [-0.15, -0.1) is 0 Å². The van der Waals surface area contributed by atoms with Crippen LogP contribution in [0.1, 0.15) is 5.56 Å². The van der Waals surface area contributed by atoms with Gasteiger partial charge >= 0.3 is 0 Å². The number of rotatable bonds is 4. The largest absolute Gasteiger partial charge is 0.371 e. The van der Waals surface area contributed by atoms with Crippen molar-refractivity contribution in [3.05, 3.63) is 80.6 Å². The molecule has 0 spiro atoms. The molecule has 1 aliphatic rings. The number of benzene rings is 2. The Morgan fingerprint density at radius 1 is 1.04 bits per heavy atom. The lowest BCUT2D eigenvalue weighted by Gasteiger charge is -2.16. The van der Waals surface area contributed by atoms with Crippen LogP contribution in [-0.2, 0) is 11.3 Å². The fraction of sp³-hybridized carbons (Fsp3) is 0.143. The maximum Gasteiger partial charge on any atom is 0.269 e. The molecule has 0 aliphatic carbocycles. The minimum absolute atomic E-state index is 0.00155. The van der Waals surface area contributed by atoms with Crippen molar-refractivity contribution in [2.75, 3.05) is 6.61 Å². The molecule has 27 heavy (non-hydrogen) atoms. The Morgan fingerprint density at radius 3 is 2.11 bits per heavy atom. The van der Waals surface area contributed by atoms with Gasteiger partial charge < -0.3 is 9.30 Å². The number of pyridine rings is 1. The summed E-state index contributed by atoms with van der Waals surface area (Å²) < 4.78 is 6.91. The predicted octanol–water partition coefficient (Wildman–Crippen LogP) is 4.76. The highest BCUT2D eigenvalue weighted by atomic mass is 35.5. The highest BCUT2D eigenvalue weighted by Crippen LogP contribution is 2.30. The van der Waals surface area contributed by atoms with Crippen LogP contribution in [0.15, 0.2) is 59.4 Å². The van der Waals surface area contributed by atoms with E-state index in [0.29, 0.717) is 28.8 Å². The highest BCUT2D eigenvalue weighted by molar-refractivity contribution is 6.30. The molecule has 1 unspecified atom stereocenters. The molecule has 134 valence electrons. The summed E-state index contributed by atoms with van der Waals surface area (Å²) in [7, 11) is 0. The first-order valence-corrected chi connectivity index (χ1v) is 9.14. The maximum atomic E-state index is 13.1. The molecule has 0 N–H and O–H groups in total. The lowest BCUT2D eigenvalue weighted by molar-refractivity contribution is 0.381. The third-order valence-electron chi connectivity index (χ3n) is 4.50. The summed E-state index contributed by atoms with van der Waals surface area (Å²) in [5.41, 5.74) is 2.68. The average Bonchev–Trinajstić information content (AvgIpc) is 3.49. The summed E-state index contributed by atoms with van der Waals surface area (Å²) in [5.74, 6) is 0. The molecule has 4 nitrogen and oxygen atoms in total. The lowest BCUT2D eigenvalue weighted by atomic mass is 9.98. The van der Waals surface area contributed by atoms with E-state index in [1.54, 1.807) is 41.0 Å². The first-order chi connectivity index (χ1) is 13.1. The molecule has 0 amide bonds. The highest BCUT2D eigenvalue weighted by Gasteiger charge is 2.26. The third-order valence-corrected chi connectivity index (χ3v) is 5.00. The number of hydrogen-bond acceptors (Lipinski definition) is 3. The molecule has 2 heterocycles. The summed E-state index contributed by atoms with van der Waals surface area (Å²) in [5, 5.41) is 10.9. The predicted molar refractivity (Wildman–Crippen MR) is 106 cm³/mol. The van der Waals surface area contributed by atoms with Gasteiger partial charge in [0.1, 0.15) is 11.6 Å². The first kappa shape index (κ1) is 17.8. The van der Waals surface area contributed by atoms with Crippen LogP contribution in [-0.4, -0.2) is 17.3 Å². The topological polar surface area (TPSA) is 58.3 Å². The normalized spacial score (nSPS) is 15.4. The minimum atomic E-state index is -0.328. The van der Waals surface area contributed by atoms with Gasteiger partial charge in [-0.3, -0.25) is 4.79 Å². The summed E-state index contributed by atoms with van der Waals surface area (Å²) in [4.78, 5) is 13.1. The number of nitrogens with zero attached hydrogens (tertiary/aromatic N) is 2. The standard InChI is InChI=1S/C21H14Cl2N2O2/c22-15-5-1-13(2-6-15)18-9-20(14-3-7-16(23)8-4-14)25(11-17-12-27-17)21(26)19(18)10-24/h1-9,17H,11-12H2. The number of epoxide rings is 1. The van der Waals surface area contributed by atoms with E-state index in [2.05, 4.69) is 6.07 Å². The van der Waals surface area contributed by atoms with E-state index in [1.807, 2.05) is 18.2 Å². The molecular weight excluding hydrogens is 383 g/mol. The van der Waals surface area contributed by atoms with E-state index in [9.17, 15) is 10.1 Å².